The van der Waals surface area contributed by atoms with E-state index in [-0.39, 0.29) is 0 Å². The van der Waals surface area contributed by atoms with Crippen molar-refractivity contribution in [1.82, 2.24) is 4.98 Å². The number of carbonyl (C=O) groups is 1. The van der Waals surface area contributed by atoms with Gasteiger partial charge in [0.25, 0.3) is 0 Å². The second-order valence-electron chi connectivity index (χ2n) is 3.56. The Morgan fingerprint density at radius 1 is 1.18 bits per heavy atom. The van der Waals surface area contributed by atoms with Gasteiger partial charge in [0.15, 0.2) is 0 Å². The molecule has 0 atom stereocenters. The lowest BCUT2D eigenvalue weighted by Crippen LogP contribution is -2.11. The average molecular weight is 244 g/mol. The molecule has 1 aromatic heterocycles. The Morgan fingerprint density at radius 3 is 2.47 bits per heavy atom. The van der Waals surface area contributed by atoms with Crippen LogP contribution in [-0.2, 0) is 0 Å². The van der Waals surface area contributed by atoms with Gasteiger partial charge in [0.1, 0.15) is 0 Å². The van der Waals surface area contributed by atoms with Crippen molar-refractivity contribution in [3.63, 3.8) is 0 Å². The molecule has 86 valence electrons. The lowest BCUT2D eigenvalue weighted by Gasteiger charge is -2.03. The summed E-state index contributed by atoms with van der Waals surface area (Å²) in [6.07, 6.45) is 5.23. The van der Waals surface area contributed by atoms with Gasteiger partial charge in [-0.05, 0) is 30.0 Å². The first-order valence-electron chi connectivity index (χ1n) is 5.10. The number of rotatable bonds is 3. The topological polar surface area (TPSA) is 56.0 Å². The van der Waals surface area contributed by atoms with Crippen molar-refractivity contribution in [2.24, 2.45) is 5.73 Å². The largest absolute Gasteiger partial charge is 0.366 e. The van der Waals surface area contributed by atoms with Gasteiger partial charge in [-0.25, -0.2) is 0 Å². The molecule has 1 heterocycles. The highest BCUT2D eigenvalue weighted by Crippen LogP contribution is 2.22. The van der Waals surface area contributed by atoms with E-state index in [2.05, 4.69) is 4.98 Å². The van der Waals surface area contributed by atoms with Gasteiger partial charge in [0.2, 0.25) is 5.91 Å². The maximum atomic E-state index is 11.1. The van der Waals surface area contributed by atoms with Crippen molar-refractivity contribution in [2.45, 2.75) is 4.90 Å². The molecule has 17 heavy (non-hydrogen) atoms. The molecule has 2 aromatic rings. The SMILES string of the molecule is CSc1ccc(-c2cncc(C(N)=O)c2)cc1. The minimum absolute atomic E-state index is 0.427. The van der Waals surface area contributed by atoms with Crippen molar-refractivity contribution < 1.29 is 4.79 Å². The van der Waals surface area contributed by atoms with E-state index < -0.39 is 5.91 Å². The standard InChI is InChI=1S/C13H12N2OS/c1-17-12-4-2-9(3-5-12)10-6-11(13(14)16)8-15-7-10/h2-8H,1H3,(H2,14,16). The Hall–Kier alpha value is -1.81. The number of thioether (sulfide) groups is 1. The molecule has 3 nitrogen and oxygen atoms in total. The zero-order valence-electron chi connectivity index (χ0n) is 9.38. The van der Waals surface area contributed by atoms with Crippen molar-refractivity contribution in [1.29, 1.82) is 0 Å². The first kappa shape index (κ1) is 11.7. The minimum atomic E-state index is -0.458. The van der Waals surface area contributed by atoms with Gasteiger partial charge in [-0.1, -0.05) is 12.1 Å². The van der Waals surface area contributed by atoms with Crippen LogP contribution in [0, 0.1) is 0 Å². The van der Waals surface area contributed by atoms with E-state index in [9.17, 15) is 4.79 Å². The Bertz CT molecular complexity index is 537. The number of aromatic nitrogens is 1. The average Bonchev–Trinajstić information content (AvgIpc) is 2.39. The number of benzene rings is 1. The maximum Gasteiger partial charge on any atom is 0.250 e. The molecule has 0 unspecified atom stereocenters. The molecule has 1 amide bonds. The maximum absolute atomic E-state index is 11.1. The molecule has 0 aliphatic rings. The van der Waals surface area contributed by atoms with Gasteiger partial charge in [0, 0.05) is 22.9 Å². The summed E-state index contributed by atoms with van der Waals surface area (Å²) in [6.45, 7) is 0. The van der Waals surface area contributed by atoms with Crippen LogP contribution in [-0.4, -0.2) is 17.1 Å². The summed E-state index contributed by atoms with van der Waals surface area (Å²) in [7, 11) is 0. The quantitative estimate of drug-likeness (QED) is 0.844. The van der Waals surface area contributed by atoms with Crippen LogP contribution < -0.4 is 5.73 Å². The number of hydrogen-bond acceptors (Lipinski definition) is 3. The lowest BCUT2D eigenvalue weighted by atomic mass is 10.1. The van der Waals surface area contributed by atoms with Crippen LogP contribution in [0.4, 0.5) is 0 Å². The van der Waals surface area contributed by atoms with Gasteiger partial charge < -0.3 is 5.73 Å². The van der Waals surface area contributed by atoms with Gasteiger partial charge in [-0.3, -0.25) is 9.78 Å². The molecule has 1 aromatic carbocycles. The van der Waals surface area contributed by atoms with E-state index in [0.717, 1.165) is 11.1 Å². The Balaban J connectivity index is 2.38. The van der Waals surface area contributed by atoms with Crippen LogP contribution >= 0.6 is 11.8 Å². The molecule has 4 heteroatoms. The van der Waals surface area contributed by atoms with Gasteiger partial charge in [-0.2, -0.15) is 0 Å². The van der Waals surface area contributed by atoms with E-state index in [1.807, 2.05) is 30.5 Å². The molecule has 0 saturated heterocycles. The molecular weight excluding hydrogens is 232 g/mol. The van der Waals surface area contributed by atoms with Crippen molar-refractivity contribution in [3.05, 3.63) is 48.3 Å². The fourth-order valence-electron chi connectivity index (χ4n) is 1.52. The molecule has 2 rings (SSSR count). The monoisotopic (exact) mass is 244 g/mol. The summed E-state index contributed by atoms with van der Waals surface area (Å²) in [5.41, 5.74) is 7.57. The van der Waals surface area contributed by atoms with Crippen LogP contribution in [0.5, 0.6) is 0 Å². The van der Waals surface area contributed by atoms with E-state index in [1.165, 1.54) is 11.1 Å². The third-order valence-electron chi connectivity index (χ3n) is 2.45. The van der Waals surface area contributed by atoms with Crippen LogP contribution in [0.2, 0.25) is 0 Å². The zero-order valence-corrected chi connectivity index (χ0v) is 10.2. The van der Waals surface area contributed by atoms with Crippen molar-refractivity contribution >= 4 is 17.7 Å². The summed E-state index contributed by atoms with van der Waals surface area (Å²) < 4.78 is 0. The van der Waals surface area contributed by atoms with E-state index in [1.54, 1.807) is 24.0 Å². The fourth-order valence-corrected chi connectivity index (χ4v) is 1.92. The van der Waals surface area contributed by atoms with E-state index in [0.29, 0.717) is 5.56 Å². The normalized spacial score (nSPS) is 10.2. The summed E-state index contributed by atoms with van der Waals surface area (Å²) in [4.78, 5) is 16.3. The molecule has 0 fully saturated rings. The van der Waals surface area contributed by atoms with Gasteiger partial charge >= 0.3 is 0 Å². The number of pyridine rings is 1. The Kier molecular flexibility index (Phi) is 3.44. The third-order valence-corrected chi connectivity index (χ3v) is 3.19. The second kappa shape index (κ2) is 5.01. The molecule has 0 spiro atoms. The Morgan fingerprint density at radius 2 is 1.88 bits per heavy atom. The molecular formula is C13H12N2OS. The van der Waals surface area contributed by atoms with Crippen LogP contribution in [0.15, 0.2) is 47.6 Å². The molecule has 0 aliphatic heterocycles. The molecule has 2 N–H and O–H groups in total. The highest BCUT2D eigenvalue weighted by Gasteiger charge is 2.04. The summed E-state index contributed by atoms with van der Waals surface area (Å²) in [5.74, 6) is -0.458. The molecule has 0 saturated carbocycles. The van der Waals surface area contributed by atoms with E-state index in [4.69, 9.17) is 5.73 Å². The highest BCUT2D eigenvalue weighted by molar-refractivity contribution is 7.98. The van der Waals surface area contributed by atoms with Gasteiger partial charge in [-0.15, -0.1) is 11.8 Å². The number of hydrogen-bond donors (Lipinski definition) is 1. The number of amides is 1. The molecule has 0 radical (unpaired) electrons. The fraction of sp³-hybridized carbons (Fsp3) is 0.0769. The van der Waals surface area contributed by atoms with Crippen LogP contribution in [0.3, 0.4) is 0 Å². The van der Waals surface area contributed by atoms with E-state index >= 15 is 0 Å². The van der Waals surface area contributed by atoms with Gasteiger partial charge in [0.05, 0.1) is 5.56 Å². The number of carbonyl (C=O) groups excluding carboxylic acids is 1. The first-order valence-corrected chi connectivity index (χ1v) is 6.32. The van der Waals surface area contributed by atoms with Crippen molar-refractivity contribution in [3.8, 4) is 11.1 Å². The number of nitrogens with two attached hydrogens (primary N) is 1. The Labute approximate surface area is 104 Å². The van der Waals surface area contributed by atoms with Crippen LogP contribution in [0.1, 0.15) is 10.4 Å². The molecule has 0 aliphatic carbocycles. The number of primary amides is 1. The zero-order chi connectivity index (χ0) is 12.3. The summed E-state index contributed by atoms with van der Waals surface area (Å²) in [5, 5.41) is 0. The number of nitrogens with zero attached hydrogens (tertiary/aromatic N) is 1. The smallest absolute Gasteiger partial charge is 0.250 e. The predicted molar refractivity (Wildman–Crippen MR) is 70.0 cm³/mol. The minimum Gasteiger partial charge on any atom is -0.366 e. The lowest BCUT2D eigenvalue weighted by molar-refractivity contribution is 0.1000. The second-order valence-corrected chi connectivity index (χ2v) is 4.43. The summed E-state index contributed by atoms with van der Waals surface area (Å²) in [6, 6.07) is 9.85. The summed E-state index contributed by atoms with van der Waals surface area (Å²) >= 11 is 1.69. The predicted octanol–water partition coefficient (Wildman–Crippen LogP) is 2.57. The van der Waals surface area contributed by atoms with Crippen LogP contribution in [0.25, 0.3) is 11.1 Å². The third kappa shape index (κ3) is 2.65. The first-order chi connectivity index (χ1) is 8.20. The molecule has 0 bridgehead atoms. The highest BCUT2D eigenvalue weighted by atomic mass is 32.2. The van der Waals surface area contributed by atoms with Crippen molar-refractivity contribution in [2.75, 3.05) is 6.26 Å².